The first kappa shape index (κ1) is 14.0. The van der Waals surface area contributed by atoms with Crippen molar-refractivity contribution in [2.45, 2.75) is 33.4 Å². The second kappa shape index (κ2) is 6.17. The van der Waals surface area contributed by atoms with Crippen LogP contribution in [-0.2, 0) is 26.6 Å². The van der Waals surface area contributed by atoms with Gasteiger partial charge in [-0.2, -0.15) is 5.10 Å². The van der Waals surface area contributed by atoms with Crippen molar-refractivity contribution in [2.24, 2.45) is 7.05 Å². The number of hydrogen-bond donors (Lipinski definition) is 1. The van der Waals surface area contributed by atoms with E-state index >= 15 is 0 Å². The highest BCUT2D eigenvalue weighted by Gasteiger charge is 2.12. The Kier molecular flexibility index (Phi) is 4.56. The maximum absolute atomic E-state index is 6.30. The van der Waals surface area contributed by atoms with Gasteiger partial charge in [-0.15, -0.1) is 0 Å². The number of aromatic nitrogens is 3. The monoisotopic (exact) mass is 278 g/mol. The van der Waals surface area contributed by atoms with E-state index in [0.717, 1.165) is 35.1 Å². The quantitative estimate of drug-likeness (QED) is 0.914. The van der Waals surface area contributed by atoms with Crippen LogP contribution in [0.15, 0.2) is 18.3 Å². The summed E-state index contributed by atoms with van der Waals surface area (Å²) in [6, 6.07) is 4.10. The lowest BCUT2D eigenvalue weighted by Crippen LogP contribution is -2.15. The Bertz CT molecular complexity index is 545. The zero-order valence-electron chi connectivity index (χ0n) is 11.6. The molecule has 0 atom stereocenters. The summed E-state index contributed by atoms with van der Waals surface area (Å²) >= 11 is 6.30. The van der Waals surface area contributed by atoms with Gasteiger partial charge in [-0.1, -0.05) is 24.6 Å². The zero-order valence-corrected chi connectivity index (χ0v) is 12.3. The van der Waals surface area contributed by atoms with Gasteiger partial charge in [0.05, 0.1) is 16.4 Å². The molecule has 0 unspecified atom stereocenters. The maximum Gasteiger partial charge on any atom is 0.0863 e. The van der Waals surface area contributed by atoms with E-state index < -0.39 is 0 Å². The molecule has 1 N–H and O–H groups in total. The van der Waals surface area contributed by atoms with E-state index in [9.17, 15) is 0 Å². The first-order valence-corrected chi connectivity index (χ1v) is 6.82. The smallest absolute Gasteiger partial charge is 0.0863 e. The van der Waals surface area contributed by atoms with Crippen molar-refractivity contribution in [1.29, 1.82) is 0 Å². The molecule has 0 aliphatic heterocycles. The highest BCUT2D eigenvalue weighted by molar-refractivity contribution is 6.31. The summed E-state index contributed by atoms with van der Waals surface area (Å²) in [7, 11) is 1.93. The summed E-state index contributed by atoms with van der Waals surface area (Å²) in [5.74, 6) is 0. The molecule has 0 amide bonds. The third kappa shape index (κ3) is 3.33. The maximum atomic E-state index is 6.30. The van der Waals surface area contributed by atoms with Crippen LogP contribution in [0.2, 0.25) is 5.02 Å². The van der Waals surface area contributed by atoms with Crippen molar-refractivity contribution in [3.63, 3.8) is 0 Å². The van der Waals surface area contributed by atoms with Crippen molar-refractivity contribution in [1.82, 2.24) is 20.1 Å². The normalized spacial score (nSPS) is 10.9. The average Bonchev–Trinajstić information content (AvgIpc) is 2.68. The largest absolute Gasteiger partial charge is 0.307 e. The molecule has 102 valence electrons. The fourth-order valence-corrected chi connectivity index (χ4v) is 2.30. The van der Waals surface area contributed by atoms with Crippen LogP contribution in [0.4, 0.5) is 0 Å². The predicted molar refractivity (Wildman–Crippen MR) is 77.1 cm³/mol. The predicted octanol–water partition coefficient (Wildman–Crippen LogP) is 2.63. The lowest BCUT2D eigenvalue weighted by atomic mass is 10.2. The minimum Gasteiger partial charge on any atom is -0.307 e. The first-order chi connectivity index (χ1) is 9.11. The lowest BCUT2D eigenvalue weighted by molar-refractivity contribution is 0.622. The minimum atomic E-state index is 0.705. The molecular weight excluding hydrogens is 260 g/mol. The second-order valence-electron chi connectivity index (χ2n) is 4.60. The number of hydrogen-bond acceptors (Lipinski definition) is 3. The first-order valence-electron chi connectivity index (χ1n) is 6.44. The third-order valence-corrected chi connectivity index (χ3v) is 3.53. The molecule has 2 rings (SSSR count). The van der Waals surface area contributed by atoms with Crippen molar-refractivity contribution in [2.75, 3.05) is 0 Å². The molecule has 2 heterocycles. The number of halogens is 1. The van der Waals surface area contributed by atoms with Gasteiger partial charge in [0.25, 0.3) is 0 Å². The Balaban J connectivity index is 1.96. The van der Waals surface area contributed by atoms with E-state index in [1.807, 2.05) is 30.9 Å². The fraction of sp³-hybridized carbons (Fsp3) is 0.429. The van der Waals surface area contributed by atoms with Gasteiger partial charge < -0.3 is 5.32 Å². The number of aryl methyl sites for hydroxylation is 3. The van der Waals surface area contributed by atoms with E-state index in [1.54, 1.807) is 0 Å². The lowest BCUT2D eigenvalue weighted by Gasteiger charge is -2.06. The van der Waals surface area contributed by atoms with Crippen LogP contribution >= 0.6 is 11.6 Å². The van der Waals surface area contributed by atoms with Crippen LogP contribution in [0.5, 0.6) is 0 Å². The third-order valence-electron chi connectivity index (χ3n) is 3.10. The summed E-state index contributed by atoms with van der Waals surface area (Å²) in [5, 5.41) is 8.55. The van der Waals surface area contributed by atoms with Crippen LogP contribution < -0.4 is 5.32 Å². The zero-order chi connectivity index (χ0) is 13.8. The van der Waals surface area contributed by atoms with Crippen LogP contribution in [0, 0.1) is 6.92 Å². The van der Waals surface area contributed by atoms with Gasteiger partial charge in [0.2, 0.25) is 0 Å². The molecule has 0 aromatic carbocycles. The molecule has 2 aromatic heterocycles. The van der Waals surface area contributed by atoms with E-state index in [0.29, 0.717) is 6.54 Å². The molecule has 0 spiro atoms. The van der Waals surface area contributed by atoms with Gasteiger partial charge in [0.15, 0.2) is 0 Å². The minimum absolute atomic E-state index is 0.705. The Hall–Kier alpha value is -1.39. The van der Waals surface area contributed by atoms with E-state index in [2.05, 4.69) is 28.4 Å². The Morgan fingerprint density at radius 3 is 2.68 bits per heavy atom. The summed E-state index contributed by atoms with van der Waals surface area (Å²) in [6.45, 7) is 5.52. The van der Waals surface area contributed by atoms with Crippen LogP contribution in [0.1, 0.15) is 29.6 Å². The van der Waals surface area contributed by atoms with Crippen LogP contribution in [0.25, 0.3) is 0 Å². The van der Waals surface area contributed by atoms with Crippen LogP contribution in [-0.4, -0.2) is 14.8 Å². The molecule has 19 heavy (non-hydrogen) atoms. The Morgan fingerprint density at radius 2 is 2.11 bits per heavy atom. The standard InChI is InChI=1S/C14H19ClN4/c1-4-12-14(15)13(19(3)18-12)9-16-7-11-6-5-10(2)17-8-11/h5-6,8,16H,4,7,9H2,1-3H3. The van der Waals surface area contributed by atoms with Gasteiger partial charge in [0, 0.05) is 32.0 Å². The van der Waals surface area contributed by atoms with Gasteiger partial charge in [-0.25, -0.2) is 0 Å². The van der Waals surface area contributed by atoms with Crippen molar-refractivity contribution >= 4 is 11.6 Å². The second-order valence-corrected chi connectivity index (χ2v) is 4.97. The summed E-state index contributed by atoms with van der Waals surface area (Å²) < 4.78 is 1.85. The molecule has 0 fully saturated rings. The summed E-state index contributed by atoms with van der Waals surface area (Å²) in [4.78, 5) is 4.27. The van der Waals surface area contributed by atoms with E-state index in [1.165, 1.54) is 5.56 Å². The molecule has 0 saturated heterocycles. The Morgan fingerprint density at radius 1 is 1.32 bits per heavy atom. The van der Waals surface area contributed by atoms with Crippen LogP contribution in [0.3, 0.4) is 0 Å². The average molecular weight is 279 g/mol. The van der Waals surface area contributed by atoms with E-state index in [4.69, 9.17) is 11.6 Å². The number of pyridine rings is 1. The molecule has 2 aromatic rings. The van der Waals surface area contributed by atoms with E-state index in [-0.39, 0.29) is 0 Å². The summed E-state index contributed by atoms with van der Waals surface area (Å²) in [6.07, 6.45) is 2.75. The highest BCUT2D eigenvalue weighted by Crippen LogP contribution is 2.20. The SMILES string of the molecule is CCc1nn(C)c(CNCc2ccc(C)nc2)c1Cl. The molecule has 0 saturated carbocycles. The van der Waals surface area contributed by atoms with Gasteiger partial charge >= 0.3 is 0 Å². The number of nitrogens with zero attached hydrogens (tertiary/aromatic N) is 3. The molecule has 5 heteroatoms. The van der Waals surface area contributed by atoms with Gasteiger partial charge in [0.1, 0.15) is 0 Å². The topological polar surface area (TPSA) is 42.7 Å². The summed E-state index contributed by atoms with van der Waals surface area (Å²) in [5.41, 5.74) is 4.18. The molecule has 4 nitrogen and oxygen atoms in total. The van der Waals surface area contributed by atoms with Crippen molar-refractivity contribution < 1.29 is 0 Å². The van der Waals surface area contributed by atoms with Crippen molar-refractivity contribution in [3.05, 3.63) is 46.0 Å². The molecule has 0 aliphatic carbocycles. The molecule has 0 bridgehead atoms. The molecule has 0 aliphatic rings. The fourth-order valence-electron chi connectivity index (χ4n) is 1.94. The molecular formula is C14H19ClN4. The van der Waals surface area contributed by atoms with Crippen molar-refractivity contribution in [3.8, 4) is 0 Å². The van der Waals surface area contributed by atoms with Gasteiger partial charge in [-0.05, 0) is 25.0 Å². The molecule has 0 radical (unpaired) electrons. The number of nitrogens with one attached hydrogen (secondary N) is 1. The Labute approximate surface area is 118 Å². The number of rotatable bonds is 5. The highest BCUT2D eigenvalue weighted by atomic mass is 35.5. The van der Waals surface area contributed by atoms with Gasteiger partial charge in [-0.3, -0.25) is 9.67 Å².